The van der Waals surface area contributed by atoms with Gasteiger partial charge in [-0.15, -0.1) is 0 Å². The molecule has 2 rings (SSSR count). The Labute approximate surface area is 114 Å². The van der Waals surface area contributed by atoms with Crippen LogP contribution in [-0.2, 0) is 10.9 Å². The van der Waals surface area contributed by atoms with Crippen LogP contribution in [0.2, 0.25) is 0 Å². The zero-order valence-corrected chi connectivity index (χ0v) is 10.9. The summed E-state index contributed by atoms with van der Waals surface area (Å²) in [5.41, 5.74) is 1.57. The molecule has 3 N–H and O–H groups in total. The Morgan fingerprint density at radius 3 is 2.40 bits per heavy atom. The van der Waals surface area contributed by atoms with Gasteiger partial charge in [-0.05, 0) is 36.5 Å². The zero-order valence-electron chi connectivity index (χ0n) is 10.9. The van der Waals surface area contributed by atoms with Gasteiger partial charge in [-0.2, -0.15) is 13.2 Å². The molecule has 1 aromatic rings. The number of rotatable bonds is 5. The fourth-order valence-corrected chi connectivity index (χ4v) is 2.36. The Morgan fingerprint density at radius 2 is 2.00 bits per heavy atom. The van der Waals surface area contributed by atoms with Crippen LogP contribution in [0.4, 0.5) is 17.6 Å². The van der Waals surface area contributed by atoms with E-state index in [0.717, 1.165) is 25.0 Å². The molecule has 0 amide bonds. The van der Waals surface area contributed by atoms with Crippen LogP contribution in [0.1, 0.15) is 30.0 Å². The van der Waals surface area contributed by atoms with Crippen molar-refractivity contribution < 1.29 is 22.3 Å². The van der Waals surface area contributed by atoms with Crippen molar-refractivity contribution in [2.24, 2.45) is 11.8 Å². The molecule has 0 saturated heterocycles. The third kappa shape index (κ3) is 3.11. The van der Waals surface area contributed by atoms with Gasteiger partial charge in [-0.1, -0.05) is 6.07 Å². The maximum Gasteiger partial charge on any atom is 0.419 e. The third-order valence-corrected chi connectivity index (χ3v) is 3.52. The van der Waals surface area contributed by atoms with Crippen molar-refractivity contribution in [2.75, 3.05) is 7.11 Å². The molecule has 2 unspecified atom stereocenters. The largest absolute Gasteiger partial charge is 0.419 e. The van der Waals surface area contributed by atoms with E-state index in [9.17, 15) is 17.6 Å². The van der Waals surface area contributed by atoms with Gasteiger partial charge in [0.25, 0.3) is 0 Å². The van der Waals surface area contributed by atoms with Crippen LogP contribution in [0.3, 0.4) is 0 Å². The lowest BCUT2D eigenvalue weighted by Gasteiger charge is -2.26. The molecule has 3 nitrogen and oxygen atoms in total. The van der Waals surface area contributed by atoms with Crippen molar-refractivity contribution in [3.8, 4) is 0 Å². The van der Waals surface area contributed by atoms with Gasteiger partial charge in [0.2, 0.25) is 0 Å². The summed E-state index contributed by atoms with van der Waals surface area (Å²) in [6.45, 7) is 0. The van der Waals surface area contributed by atoms with Crippen LogP contribution < -0.4 is 11.3 Å². The summed E-state index contributed by atoms with van der Waals surface area (Å²) in [4.78, 5) is 0. The maximum absolute atomic E-state index is 13.6. The summed E-state index contributed by atoms with van der Waals surface area (Å²) in [7, 11) is 1.51. The molecule has 2 atom stereocenters. The summed E-state index contributed by atoms with van der Waals surface area (Å²) in [5.74, 6) is 4.44. The Hall–Kier alpha value is -1.18. The maximum atomic E-state index is 13.6. The molecule has 0 bridgehead atoms. The van der Waals surface area contributed by atoms with Crippen LogP contribution in [-0.4, -0.2) is 13.2 Å². The average Bonchev–Trinajstić information content (AvgIpc) is 3.18. The average molecular weight is 292 g/mol. The normalized spacial score (nSPS) is 18.9. The lowest BCUT2D eigenvalue weighted by atomic mass is 9.97. The Bertz CT molecular complexity index is 474. The van der Waals surface area contributed by atoms with Gasteiger partial charge in [0, 0.05) is 7.11 Å². The molecule has 0 aromatic heterocycles. The Balaban J connectivity index is 2.29. The number of nitrogens with two attached hydrogens (primary N) is 1. The number of benzene rings is 1. The summed E-state index contributed by atoms with van der Waals surface area (Å²) < 4.78 is 56.5. The van der Waals surface area contributed by atoms with E-state index in [-0.39, 0.29) is 6.10 Å². The number of alkyl halides is 3. The lowest BCUT2D eigenvalue weighted by molar-refractivity contribution is -0.140. The summed E-state index contributed by atoms with van der Waals surface area (Å²) in [6.07, 6.45) is -3.04. The minimum atomic E-state index is -4.70. The number of halogens is 4. The number of hydrogen-bond donors (Lipinski definition) is 2. The van der Waals surface area contributed by atoms with E-state index in [1.165, 1.54) is 13.2 Å². The van der Waals surface area contributed by atoms with E-state index in [1.807, 2.05) is 0 Å². The number of hydrogen-bond acceptors (Lipinski definition) is 3. The smallest absolute Gasteiger partial charge is 0.379 e. The fourth-order valence-electron chi connectivity index (χ4n) is 2.36. The van der Waals surface area contributed by atoms with Gasteiger partial charge in [-0.25, -0.2) is 4.39 Å². The molecular formula is C13H16F4N2O. The molecule has 0 aliphatic heterocycles. The van der Waals surface area contributed by atoms with Gasteiger partial charge in [0.05, 0.1) is 17.7 Å². The highest BCUT2D eigenvalue weighted by atomic mass is 19.4. The van der Waals surface area contributed by atoms with Crippen molar-refractivity contribution in [1.82, 2.24) is 5.43 Å². The molecule has 7 heteroatoms. The van der Waals surface area contributed by atoms with Crippen LogP contribution in [0.15, 0.2) is 18.2 Å². The van der Waals surface area contributed by atoms with Gasteiger partial charge >= 0.3 is 6.18 Å². The highest BCUT2D eigenvalue weighted by Gasteiger charge is 2.38. The number of nitrogens with one attached hydrogen (secondary N) is 1. The van der Waals surface area contributed by atoms with E-state index in [0.29, 0.717) is 11.5 Å². The molecular weight excluding hydrogens is 276 g/mol. The number of methoxy groups -OCH3 is 1. The number of hydrazine groups is 1. The van der Waals surface area contributed by atoms with Gasteiger partial charge in [-0.3, -0.25) is 11.3 Å². The molecule has 0 radical (unpaired) electrons. The van der Waals surface area contributed by atoms with Gasteiger partial charge in [0.1, 0.15) is 5.82 Å². The SMILES string of the molecule is COC(C1CC1)C(NN)c1ccc(C(F)(F)F)c(F)c1. The predicted octanol–water partition coefficient (Wildman–Crippen LogP) is 2.77. The van der Waals surface area contributed by atoms with Crippen molar-refractivity contribution in [3.05, 3.63) is 35.1 Å². The molecule has 112 valence electrons. The first-order valence-electron chi connectivity index (χ1n) is 6.24. The first kappa shape index (κ1) is 15.2. The van der Waals surface area contributed by atoms with Crippen molar-refractivity contribution in [1.29, 1.82) is 0 Å². The minimum Gasteiger partial charge on any atom is -0.379 e. The van der Waals surface area contributed by atoms with Crippen molar-refractivity contribution in [2.45, 2.75) is 31.2 Å². The highest BCUT2D eigenvalue weighted by molar-refractivity contribution is 5.29. The monoisotopic (exact) mass is 292 g/mol. The predicted molar refractivity (Wildman–Crippen MR) is 65.0 cm³/mol. The Morgan fingerprint density at radius 1 is 1.35 bits per heavy atom. The first-order chi connectivity index (χ1) is 9.38. The summed E-state index contributed by atoms with van der Waals surface area (Å²) in [6, 6.07) is 2.28. The molecule has 1 aliphatic rings. The standard InChI is InChI=1S/C13H16F4N2O/c1-20-12(7-2-3-7)11(19-18)8-4-5-9(10(14)6-8)13(15,16)17/h4-7,11-12,19H,2-3,18H2,1H3. The second-order valence-electron chi connectivity index (χ2n) is 4.92. The minimum absolute atomic E-state index is 0.281. The van der Waals surface area contributed by atoms with Crippen LogP contribution in [0, 0.1) is 11.7 Å². The van der Waals surface area contributed by atoms with Gasteiger partial charge in [0.15, 0.2) is 0 Å². The second kappa shape index (κ2) is 5.67. The molecule has 1 saturated carbocycles. The lowest BCUT2D eigenvalue weighted by Crippen LogP contribution is -2.38. The van der Waals surface area contributed by atoms with Crippen LogP contribution in [0.5, 0.6) is 0 Å². The van der Waals surface area contributed by atoms with E-state index in [4.69, 9.17) is 10.6 Å². The summed E-state index contributed by atoms with van der Waals surface area (Å²) in [5, 5.41) is 0. The summed E-state index contributed by atoms with van der Waals surface area (Å²) >= 11 is 0. The zero-order chi connectivity index (χ0) is 14.9. The van der Waals surface area contributed by atoms with Gasteiger partial charge < -0.3 is 4.74 Å². The molecule has 20 heavy (non-hydrogen) atoms. The second-order valence-corrected chi connectivity index (χ2v) is 4.92. The Kier molecular flexibility index (Phi) is 4.31. The van der Waals surface area contributed by atoms with Crippen LogP contribution in [0.25, 0.3) is 0 Å². The molecule has 1 aromatic carbocycles. The molecule has 1 fully saturated rings. The topological polar surface area (TPSA) is 47.3 Å². The molecule has 0 heterocycles. The third-order valence-electron chi connectivity index (χ3n) is 3.52. The van der Waals surface area contributed by atoms with Crippen LogP contribution >= 0.6 is 0 Å². The highest BCUT2D eigenvalue weighted by Crippen LogP contribution is 2.40. The number of ether oxygens (including phenoxy) is 1. The molecule has 1 aliphatic carbocycles. The molecule has 0 spiro atoms. The van der Waals surface area contributed by atoms with E-state index in [1.54, 1.807) is 0 Å². The van der Waals surface area contributed by atoms with Crippen molar-refractivity contribution >= 4 is 0 Å². The quantitative estimate of drug-likeness (QED) is 0.498. The van der Waals surface area contributed by atoms with Crippen molar-refractivity contribution in [3.63, 3.8) is 0 Å². The van der Waals surface area contributed by atoms with E-state index in [2.05, 4.69) is 5.43 Å². The van der Waals surface area contributed by atoms with E-state index < -0.39 is 23.6 Å². The first-order valence-corrected chi connectivity index (χ1v) is 6.24. The fraction of sp³-hybridized carbons (Fsp3) is 0.538. The van der Waals surface area contributed by atoms with E-state index >= 15 is 0 Å².